The lowest BCUT2D eigenvalue weighted by Crippen LogP contribution is -2.36. The number of aliphatic hydroxyl groups is 1. The quantitative estimate of drug-likeness (QED) is 0.450. The SMILES string of the molecule is Cc1ccc(C2C(=C(O)c3ccc4c(c3)OCCO4)C(=O)C(=O)N2CC2CCCO2)cc1. The first-order valence-electron chi connectivity index (χ1n) is 10.9. The van der Waals surface area contributed by atoms with Gasteiger partial charge >= 0.3 is 0 Å². The van der Waals surface area contributed by atoms with Crippen molar-refractivity contribution in [3.8, 4) is 11.5 Å². The molecule has 2 saturated heterocycles. The Morgan fingerprint density at radius 2 is 1.78 bits per heavy atom. The van der Waals surface area contributed by atoms with Gasteiger partial charge in [-0.15, -0.1) is 0 Å². The van der Waals surface area contributed by atoms with Crippen LogP contribution in [0.2, 0.25) is 0 Å². The number of carbonyl (C=O) groups is 2. The molecular formula is C25H25NO6. The molecule has 2 aromatic rings. The minimum Gasteiger partial charge on any atom is -0.507 e. The molecule has 0 bridgehead atoms. The van der Waals surface area contributed by atoms with E-state index in [9.17, 15) is 14.7 Å². The van der Waals surface area contributed by atoms with E-state index in [0.717, 1.165) is 24.0 Å². The molecule has 2 fully saturated rings. The van der Waals surface area contributed by atoms with Crippen molar-refractivity contribution in [1.82, 2.24) is 4.90 Å². The summed E-state index contributed by atoms with van der Waals surface area (Å²) in [5.74, 6) is -0.450. The number of Topliss-reactive ketones (excluding diaryl/α,β-unsaturated/α-hetero) is 1. The van der Waals surface area contributed by atoms with E-state index in [1.807, 2.05) is 31.2 Å². The average molecular weight is 435 g/mol. The molecule has 0 aliphatic carbocycles. The molecule has 3 aliphatic heterocycles. The number of benzene rings is 2. The summed E-state index contributed by atoms with van der Waals surface area (Å²) in [4.78, 5) is 27.7. The first-order valence-corrected chi connectivity index (χ1v) is 10.9. The van der Waals surface area contributed by atoms with E-state index < -0.39 is 17.7 Å². The predicted molar refractivity (Wildman–Crippen MR) is 117 cm³/mol. The van der Waals surface area contributed by atoms with Crippen LogP contribution in [0.1, 0.15) is 35.6 Å². The molecule has 166 valence electrons. The highest BCUT2D eigenvalue weighted by Gasteiger charge is 2.47. The van der Waals surface area contributed by atoms with Crippen molar-refractivity contribution >= 4 is 17.4 Å². The topological polar surface area (TPSA) is 85.3 Å². The summed E-state index contributed by atoms with van der Waals surface area (Å²) < 4.78 is 16.9. The maximum absolute atomic E-state index is 13.1. The molecule has 0 aromatic heterocycles. The number of fused-ring (bicyclic) bond motifs is 1. The number of hydrogen-bond acceptors (Lipinski definition) is 6. The Bertz CT molecular complexity index is 1080. The number of hydrogen-bond donors (Lipinski definition) is 1. The fourth-order valence-corrected chi connectivity index (χ4v) is 4.52. The van der Waals surface area contributed by atoms with Crippen LogP contribution < -0.4 is 9.47 Å². The van der Waals surface area contributed by atoms with Gasteiger partial charge in [-0.1, -0.05) is 29.8 Å². The molecule has 3 aliphatic rings. The molecule has 0 saturated carbocycles. The number of likely N-dealkylation sites (tertiary alicyclic amines) is 1. The highest BCUT2D eigenvalue weighted by molar-refractivity contribution is 6.46. The summed E-state index contributed by atoms with van der Waals surface area (Å²) >= 11 is 0. The monoisotopic (exact) mass is 435 g/mol. The van der Waals surface area contributed by atoms with Crippen LogP contribution in [-0.2, 0) is 14.3 Å². The molecule has 5 rings (SSSR count). The van der Waals surface area contributed by atoms with Crippen LogP contribution in [0.5, 0.6) is 11.5 Å². The number of ether oxygens (including phenoxy) is 3. The lowest BCUT2D eigenvalue weighted by Gasteiger charge is -2.27. The van der Waals surface area contributed by atoms with Crippen LogP contribution in [0.15, 0.2) is 48.0 Å². The zero-order chi connectivity index (χ0) is 22.2. The fourth-order valence-electron chi connectivity index (χ4n) is 4.52. The third-order valence-corrected chi connectivity index (χ3v) is 6.17. The predicted octanol–water partition coefficient (Wildman–Crippen LogP) is 3.37. The second kappa shape index (κ2) is 8.31. The second-order valence-electron chi connectivity index (χ2n) is 8.36. The highest BCUT2D eigenvalue weighted by atomic mass is 16.6. The van der Waals surface area contributed by atoms with Crippen LogP contribution >= 0.6 is 0 Å². The van der Waals surface area contributed by atoms with Crippen molar-refractivity contribution in [3.05, 3.63) is 64.7 Å². The van der Waals surface area contributed by atoms with Crippen molar-refractivity contribution in [2.45, 2.75) is 31.9 Å². The van der Waals surface area contributed by atoms with Gasteiger partial charge in [0.15, 0.2) is 11.5 Å². The first kappa shape index (κ1) is 20.6. The number of nitrogens with zero attached hydrogens (tertiary/aromatic N) is 1. The Balaban J connectivity index is 1.60. The Kier molecular flexibility index (Phi) is 5.35. The highest BCUT2D eigenvalue weighted by Crippen LogP contribution is 2.41. The molecule has 2 aromatic carbocycles. The molecular weight excluding hydrogens is 410 g/mol. The second-order valence-corrected chi connectivity index (χ2v) is 8.36. The van der Waals surface area contributed by atoms with Crippen LogP contribution in [0.4, 0.5) is 0 Å². The van der Waals surface area contributed by atoms with E-state index in [1.54, 1.807) is 18.2 Å². The molecule has 2 unspecified atom stereocenters. The molecule has 0 radical (unpaired) electrons. The van der Waals surface area contributed by atoms with Crippen LogP contribution in [-0.4, -0.2) is 54.2 Å². The minimum absolute atomic E-state index is 0.0773. The number of aryl methyl sites for hydroxylation is 1. The van der Waals surface area contributed by atoms with E-state index >= 15 is 0 Å². The number of rotatable bonds is 4. The van der Waals surface area contributed by atoms with Crippen molar-refractivity contribution in [2.24, 2.45) is 0 Å². The van der Waals surface area contributed by atoms with Gasteiger partial charge in [0, 0.05) is 18.7 Å². The lowest BCUT2D eigenvalue weighted by atomic mass is 9.94. The first-order chi connectivity index (χ1) is 15.5. The third-order valence-electron chi connectivity index (χ3n) is 6.17. The largest absolute Gasteiger partial charge is 0.507 e. The summed E-state index contributed by atoms with van der Waals surface area (Å²) in [5, 5.41) is 11.2. The van der Waals surface area contributed by atoms with Gasteiger partial charge in [0.2, 0.25) is 0 Å². The van der Waals surface area contributed by atoms with E-state index in [2.05, 4.69) is 0 Å². The number of ketones is 1. The number of carbonyl (C=O) groups excluding carboxylic acids is 2. The smallest absolute Gasteiger partial charge is 0.295 e. The normalized spacial score (nSPS) is 24.2. The third kappa shape index (κ3) is 3.62. The molecule has 7 nitrogen and oxygen atoms in total. The van der Waals surface area contributed by atoms with Gasteiger partial charge in [-0.25, -0.2) is 0 Å². The molecule has 1 amide bonds. The molecule has 7 heteroatoms. The zero-order valence-corrected chi connectivity index (χ0v) is 17.9. The summed E-state index contributed by atoms with van der Waals surface area (Å²) in [5.41, 5.74) is 2.32. The lowest BCUT2D eigenvalue weighted by molar-refractivity contribution is -0.140. The Morgan fingerprint density at radius 1 is 1.03 bits per heavy atom. The van der Waals surface area contributed by atoms with Crippen LogP contribution in [0.25, 0.3) is 5.76 Å². The fraction of sp³-hybridized carbons (Fsp3) is 0.360. The Morgan fingerprint density at radius 3 is 2.50 bits per heavy atom. The summed E-state index contributed by atoms with van der Waals surface area (Å²) in [6.45, 7) is 3.80. The van der Waals surface area contributed by atoms with Crippen molar-refractivity contribution in [3.63, 3.8) is 0 Å². The zero-order valence-electron chi connectivity index (χ0n) is 17.9. The molecule has 2 atom stereocenters. The van der Waals surface area contributed by atoms with E-state index in [-0.39, 0.29) is 17.4 Å². The number of aliphatic hydroxyl groups excluding tert-OH is 1. The molecule has 0 spiro atoms. The maximum atomic E-state index is 13.1. The van der Waals surface area contributed by atoms with Gasteiger partial charge in [0.05, 0.1) is 17.7 Å². The van der Waals surface area contributed by atoms with Crippen molar-refractivity contribution in [2.75, 3.05) is 26.4 Å². The summed E-state index contributed by atoms with van der Waals surface area (Å²) in [7, 11) is 0. The standard InChI is InChI=1S/C25H25NO6/c1-15-4-6-16(7-5-15)22-21(24(28)25(29)26(22)14-18-3-2-10-30-18)23(27)17-8-9-19-20(13-17)32-12-11-31-19/h4-9,13,18,22,27H,2-3,10-12,14H2,1H3. The minimum atomic E-state index is -0.694. The maximum Gasteiger partial charge on any atom is 0.295 e. The van der Waals surface area contributed by atoms with E-state index in [4.69, 9.17) is 14.2 Å². The molecule has 32 heavy (non-hydrogen) atoms. The van der Waals surface area contributed by atoms with Crippen LogP contribution in [0, 0.1) is 6.92 Å². The Hall–Kier alpha value is -3.32. The van der Waals surface area contributed by atoms with Gasteiger partial charge < -0.3 is 24.2 Å². The van der Waals surface area contributed by atoms with Gasteiger partial charge in [-0.2, -0.15) is 0 Å². The number of amides is 1. The van der Waals surface area contributed by atoms with Gasteiger partial charge in [0.1, 0.15) is 19.0 Å². The molecule has 1 N–H and O–H groups in total. The Labute approximate surface area is 186 Å². The summed E-state index contributed by atoms with van der Waals surface area (Å²) in [6.07, 6.45) is 1.66. The van der Waals surface area contributed by atoms with E-state index in [0.29, 0.717) is 43.4 Å². The van der Waals surface area contributed by atoms with Gasteiger partial charge in [-0.05, 0) is 43.5 Å². The van der Waals surface area contributed by atoms with Gasteiger partial charge in [0.25, 0.3) is 11.7 Å². The van der Waals surface area contributed by atoms with E-state index in [1.165, 1.54) is 4.90 Å². The van der Waals surface area contributed by atoms with Crippen molar-refractivity contribution < 1.29 is 28.9 Å². The average Bonchev–Trinajstić information content (AvgIpc) is 3.41. The van der Waals surface area contributed by atoms with Gasteiger partial charge in [-0.3, -0.25) is 9.59 Å². The molecule has 3 heterocycles. The summed E-state index contributed by atoms with van der Waals surface area (Å²) in [6, 6.07) is 12.0. The van der Waals surface area contributed by atoms with Crippen LogP contribution in [0.3, 0.4) is 0 Å². The van der Waals surface area contributed by atoms with Crippen molar-refractivity contribution in [1.29, 1.82) is 0 Å².